The average Bonchev–Trinajstić information content (AvgIpc) is 2.40. The Morgan fingerprint density at radius 3 is 2.64 bits per heavy atom. The molecule has 0 bridgehead atoms. The number of nitrogens with zero attached hydrogens (tertiary/aromatic N) is 1. The summed E-state index contributed by atoms with van der Waals surface area (Å²) in [4.78, 5) is 4.56. The van der Waals surface area contributed by atoms with Crippen LogP contribution in [0.25, 0.3) is 0 Å². The molecule has 0 radical (unpaired) electrons. The molecule has 0 aromatic rings. The van der Waals surface area contributed by atoms with Gasteiger partial charge in [-0.05, 0) is 108 Å². The van der Waals surface area contributed by atoms with Crippen LogP contribution in [0.5, 0.6) is 0 Å². The second-order valence-electron chi connectivity index (χ2n) is 5.34. The van der Waals surface area contributed by atoms with Crippen LogP contribution in [0.1, 0.15) is 12.8 Å². The van der Waals surface area contributed by atoms with E-state index in [1.165, 1.54) is 16.3 Å². The molecule has 0 spiro atoms. The molecule has 0 fully saturated rings. The van der Waals surface area contributed by atoms with Crippen molar-refractivity contribution in [1.82, 2.24) is 5.32 Å². The van der Waals surface area contributed by atoms with Gasteiger partial charge >= 0.3 is 0 Å². The van der Waals surface area contributed by atoms with E-state index >= 15 is 0 Å². The number of aliphatic imine (C=N–C) groups is 1. The van der Waals surface area contributed by atoms with Crippen LogP contribution in [0.2, 0.25) is 0 Å². The molecule has 1 N–H and O–H groups in total. The zero-order chi connectivity index (χ0) is 15.9. The molecule has 2 atom stereocenters. The van der Waals surface area contributed by atoms with E-state index < -0.39 is 0 Å². The third-order valence-corrected chi connectivity index (χ3v) is 6.22. The van der Waals surface area contributed by atoms with Crippen LogP contribution in [0.4, 0.5) is 0 Å². The molecule has 0 heterocycles. The van der Waals surface area contributed by atoms with Crippen molar-refractivity contribution in [3.63, 3.8) is 0 Å². The first-order valence-electron chi connectivity index (χ1n) is 7.19. The van der Waals surface area contributed by atoms with Crippen LogP contribution >= 0.6 is 90.4 Å². The molecule has 22 heavy (non-hydrogen) atoms. The highest BCUT2D eigenvalue weighted by molar-refractivity contribution is 14.1. The van der Waals surface area contributed by atoms with Crippen LogP contribution < -0.4 is 5.32 Å². The fourth-order valence-corrected chi connectivity index (χ4v) is 7.17. The molecule has 6 heteroatoms. The van der Waals surface area contributed by atoms with Crippen molar-refractivity contribution in [3.05, 3.63) is 40.6 Å². The van der Waals surface area contributed by atoms with E-state index in [2.05, 4.69) is 125 Å². The van der Waals surface area contributed by atoms with E-state index in [1.54, 1.807) is 0 Å². The van der Waals surface area contributed by atoms with E-state index in [1.807, 2.05) is 6.21 Å². The van der Waals surface area contributed by atoms with Gasteiger partial charge in [-0.15, -0.1) is 0 Å². The van der Waals surface area contributed by atoms with Crippen molar-refractivity contribution in [2.75, 3.05) is 19.6 Å². The quantitative estimate of drug-likeness (QED) is 0.159. The van der Waals surface area contributed by atoms with Crippen molar-refractivity contribution < 1.29 is 0 Å². The fraction of sp³-hybridized carbons (Fsp3) is 0.438. The summed E-state index contributed by atoms with van der Waals surface area (Å²) < 4.78 is 4.74. The molecule has 2 unspecified atom stereocenters. The Hall–Kier alpha value is 1.51. The first kappa shape index (κ1) is 19.8. The van der Waals surface area contributed by atoms with Gasteiger partial charge < -0.3 is 5.32 Å². The predicted molar refractivity (Wildman–Crippen MR) is 131 cm³/mol. The number of hydrogen-bond acceptors (Lipinski definition) is 2. The minimum absolute atomic E-state index is 0.602. The van der Waals surface area contributed by atoms with Crippen molar-refractivity contribution >= 4 is 96.6 Å². The third kappa shape index (κ3) is 7.60. The highest BCUT2D eigenvalue weighted by Gasteiger charge is 2.12. The number of allylic oxidation sites excluding steroid dienone is 7. The van der Waals surface area contributed by atoms with Crippen molar-refractivity contribution in [1.29, 1.82) is 0 Å². The smallest absolute Gasteiger partial charge is 0.0514 e. The molecule has 0 saturated carbocycles. The van der Waals surface area contributed by atoms with Gasteiger partial charge in [0.2, 0.25) is 0 Å². The monoisotopic (exact) mass is 746 g/mol. The third-order valence-electron chi connectivity index (χ3n) is 3.32. The highest BCUT2D eigenvalue weighted by Crippen LogP contribution is 2.29. The van der Waals surface area contributed by atoms with Gasteiger partial charge in [-0.1, -0.05) is 34.7 Å². The molecule has 120 valence electrons. The Morgan fingerprint density at radius 1 is 1.14 bits per heavy atom. The summed E-state index contributed by atoms with van der Waals surface area (Å²) in [5.74, 6) is 0.625. The van der Waals surface area contributed by atoms with E-state index in [9.17, 15) is 0 Å². The second-order valence-corrected chi connectivity index (χ2v) is 10.8. The zero-order valence-electron chi connectivity index (χ0n) is 12.0. The number of hydrogen-bond donors (Lipinski definition) is 1. The molecule has 2 rings (SSSR count). The largest absolute Gasteiger partial charge is 0.314 e. The number of alkyl halides is 1. The first-order valence-corrected chi connectivity index (χ1v) is 11.7. The molecule has 0 aromatic carbocycles. The molecule has 2 aliphatic rings. The van der Waals surface area contributed by atoms with Crippen LogP contribution in [0.3, 0.4) is 0 Å². The van der Waals surface area contributed by atoms with E-state index in [0.717, 1.165) is 32.5 Å². The lowest BCUT2D eigenvalue weighted by atomic mass is 10.0. The van der Waals surface area contributed by atoms with E-state index in [4.69, 9.17) is 0 Å². The Labute approximate surface area is 187 Å². The minimum Gasteiger partial charge on any atom is -0.314 e. The SMILES string of the molecule is IC1=CC(I)CC(/C=N/CCNCC2C=C(I)C=C(I)C2)=C1. The van der Waals surface area contributed by atoms with Gasteiger partial charge in [0.15, 0.2) is 0 Å². The molecule has 0 aliphatic heterocycles. The lowest BCUT2D eigenvalue weighted by Crippen LogP contribution is -2.25. The van der Waals surface area contributed by atoms with Crippen LogP contribution in [0, 0.1) is 5.92 Å². The maximum atomic E-state index is 4.56. The van der Waals surface area contributed by atoms with Gasteiger partial charge in [-0.3, -0.25) is 4.99 Å². The van der Waals surface area contributed by atoms with Gasteiger partial charge in [0.05, 0.1) is 6.54 Å². The second kappa shape index (κ2) is 10.5. The van der Waals surface area contributed by atoms with Crippen molar-refractivity contribution in [2.45, 2.75) is 16.8 Å². The van der Waals surface area contributed by atoms with Crippen molar-refractivity contribution in [3.8, 4) is 0 Å². The summed E-state index contributed by atoms with van der Waals surface area (Å²) in [6.45, 7) is 2.84. The number of rotatable bonds is 6. The van der Waals surface area contributed by atoms with Crippen LogP contribution in [0.15, 0.2) is 45.6 Å². The van der Waals surface area contributed by atoms with Gasteiger partial charge in [-0.25, -0.2) is 0 Å². The average molecular weight is 746 g/mol. The lowest BCUT2D eigenvalue weighted by molar-refractivity contribution is 0.563. The van der Waals surface area contributed by atoms with Gasteiger partial charge in [0.25, 0.3) is 0 Å². The maximum Gasteiger partial charge on any atom is 0.0514 e. The lowest BCUT2D eigenvalue weighted by Gasteiger charge is -2.17. The fourth-order valence-electron chi connectivity index (χ4n) is 2.37. The van der Waals surface area contributed by atoms with Crippen LogP contribution in [-0.2, 0) is 0 Å². The zero-order valence-corrected chi connectivity index (χ0v) is 20.7. The Kier molecular flexibility index (Phi) is 9.45. The topological polar surface area (TPSA) is 24.4 Å². The Morgan fingerprint density at radius 2 is 1.91 bits per heavy atom. The predicted octanol–water partition coefficient (Wildman–Crippen LogP) is 5.76. The van der Waals surface area contributed by atoms with Gasteiger partial charge in [0, 0.05) is 30.4 Å². The van der Waals surface area contributed by atoms with E-state index in [0.29, 0.717) is 9.84 Å². The Bertz CT molecular complexity index is 546. The summed E-state index contributed by atoms with van der Waals surface area (Å²) in [7, 11) is 0. The maximum absolute atomic E-state index is 4.56. The summed E-state index contributed by atoms with van der Waals surface area (Å²) in [6.07, 6.45) is 13.5. The Balaban J connectivity index is 1.65. The number of halogens is 4. The summed E-state index contributed by atoms with van der Waals surface area (Å²) >= 11 is 9.71. The molecule has 0 saturated heterocycles. The van der Waals surface area contributed by atoms with Gasteiger partial charge in [0.1, 0.15) is 0 Å². The van der Waals surface area contributed by atoms with Crippen molar-refractivity contribution in [2.24, 2.45) is 10.9 Å². The standard InChI is InChI=1S/C16H18I4N2/c17-13-3-11(4-14(18)7-13)9-21-1-2-22-10-12-5-15(19)8-16(20)6-12/h3,5,7-9,12,14,22H,1-2,4,6,10H2/b21-9+. The summed E-state index contributed by atoms with van der Waals surface area (Å²) in [5.41, 5.74) is 1.34. The van der Waals surface area contributed by atoms with Crippen LogP contribution in [-0.4, -0.2) is 29.8 Å². The molecule has 0 aromatic heterocycles. The molecular formula is C16H18I4N2. The molecule has 0 amide bonds. The molecular weight excluding hydrogens is 728 g/mol. The minimum atomic E-state index is 0.602. The molecule has 2 nitrogen and oxygen atoms in total. The highest BCUT2D eigenvalue weighted by atomic mass is 127. The summed E-state index contributed by atoms with van der Waals surface area (Å²) in [6, 6.07) is 0. The molecule has 2 aliphatic carbocycles. The summed E-state index contributed by atoms with van der Waals surface area (Å²) in [5, 5.41) is 3.53. The van der Waals surface area contributed by atoms with E-state index in [-0.39, 0.29) is 0 Å². The normalized spacial score (nSPS) is 25.6. The number of nitrogens with one attached hydrogen (secondary N) is 1. The van der Waals surface area contributed by atoms with Gasteiger partial charge in [-0.2, -0.15) is 0 Å². The first-order chi connectivity index (χ1) is 10.5.